The molecule has 0 aromatic heterocycles. The average molecular weight is 797 g/mol. The highest BCUT2D eigenvalue weighted by atomic mass is 16.6. The van der Waals surface area contributed by atoms with Crippen molar-refractivity contribution in [2.24, 2.45) is 11.7 Å². The third-order valence-electron chi connectivity index (χ3n) is 8.32. The highest BCUT2D eigenvalue weighted by Crippen LogP contribution is 2.19. The fourth-order valence-corrected chi connectivity index (χ4v) is 5.22. The standard InChI is InChI=1S/C35H58N4O10.C4H10N2O/c1-27(2)34(35(44)37-24-32(42)38-29-12-10-28(25-40)11-13-29)39-31(41)14-16-45-18-20-47-22-23-48-21-19-46-17-15-36-33(43)26-49-30-8-6-4-3-5-7-9-30;1-2-3-6-4(5)7/h10-13,27,30,34,40H,3-9,14-26H2,1-2H3,(H,36,43)(H,37,44)(H,38,42)(H,39,41);2-3H2,1H3,(H3,5,6,7). The lowest BCUT2D eigenvalue weighted by Crippen LogP contribution is -2.51. The van der Waals surface area contributed by atoms with Crippen molar-refractivity contribution in [1.29, 1.82) is 0 Å². The molecule has 1 unspecified atom stereocenters. The van der Waals surface area contributed by atoms with Crippen LogP contribution in [0.25, 0.3) is 0 Å². The molecule has 8 N–H and O–H groups in total. The van der Waals surface area contributed by atoms with Gasteiger partial charge in [0.25, 0.3) is 0 Å². The van der Waals surface area contributed by atoms with Gasteiger partial charge in [-0.1, -0.05) is 65.0 Å². The molecule has 0 spiro atoms. The molecular formula is C39H68N6O11. The summed E-state index contributed by atoms with van der Waals surface area (Å²) >= 11 is 0. The molecule has 1 fully saturated rings. The Hall–Kier alpha value is -3.87. The van der Waals surface area contributed by atoms with Gasteiger partial charge in [0, 0.05) is 25.2 Å². The molecule has 1 saturated carbocycles. The van der Waals surface area contributed by atoms with Crippen LogP contribution in [0.5, 0.6) is 0 Å². The first-order valence-corrected chi connectivity index (χ1v) is 19.8. The van der Waals surface area contributed by atoms with Crippen LogP contribution in [0, 0.1) is 5.92 Å². The molecule has 1 aliphatic carbocycles. The number of rotatable bonds is 27. The van der Waals surface area contributed by atoms with E-state index in [1.54, 1.807) is 38.1 Å². The zero-order valence-corrected chi connectivity index (χ0v) is 33.7. The summed E-state index contributed by atoms with van der Waals surface area (Å²) in [6.07, 6.45) is 9.43. The van der Waals surface area contributed by atoms with Crippen LogP contribution in [-0.2, 0) is 49.5 Å². The molecule has 0 aliphatic heterocycles. The molecule has 2 rings (SSSR count). The minimum atomic E-state index is -0.802. The van der Waals surface area contributed by atoms with E-state index in [0.717, 1.165) is 24.8 Å². The minimum absolute atomic E-state index is 0.0713. The van der Waals surface area contributed by atoms with Gasteiger partial charge in [0.15, 0.2) is 0 Å². The lowest BCUT2D eigenvalue weighted by Gasteiger charge is -2.21. The van der Waals surface area contributed by atoms with Crippen molar-refractivity contribution in [3.8, 4) is 0 Å². The number of carbonyl (C=O) groups excluding carboxylic acids is 5. The van der Waals surface area contributed by atoms with Gasteiger partial charge in [-0.15, -0.1) is 0 Å². The molecule has 17 heteroatoms. The number of primary amides is 1. The fourth-order valence-electron chi connectivity index (χ4n) is 5.22. The zero-order valence-electron chi connectivity index (χ0n) is 33.7. The Kier molecular flexibility index (Phi) is 29.8. The third-order valence-corrected chi connectivity index (χ3v) is 8.32. The number of anilines is 1. The van der Waals surface area contributed by atoms with E-state index in [1.807, 2.05) is 6.92 Å². The van der Waals surface area contributed by atoms with E-state index in [4.69, 9.17) is 34.5 Å². The Balaban J connectivity index is 0.00000203. The van der Waals surface area contributed by atoms with Crippen LogP contribution < -0.4 is 32.3 Å². The monoisotopic (exact) mass is 796 g/mol. The summed E-state index contributed by atoms with van der Waals surface area (Å²) in [5, 5.41) is 22.3. The molecule has 1 aliphatic rings. The Labute approximate surface area is 332 Å². The number of urea groups is 1. The second kappa shape index (κ2) is 33.3. The van der Waals surface area contributed by atoms with E-state index in [9.17, 15) is 24.0 Å². The van der Waals surface area contributed by atoms with Crippen LogP contribution in [-0.4, -0.2) is 126 Å². The smallest absolute Gasteiger partial charge is 0.312 e. The van der Waals surface area contributed by atoms with Crippen LogP contribution in [0.3, 0.4) is 0 Å². The Bertz CT molecular complexity index is 1210. The molecule has 0 heterocycles. The molecule has 0 radical (unpaired) electrons. The molecule has 1 atom stereocenters. The van der Waals surface area contributed by atoms with Crippen molar-refractivity contribution in [1.82, 2.24) is 21.3 Å². The number of benzene rings is 1. The predicted molar refractivity (Wildman–Crippen MR) is 212 cm³/mol. The largest absolute Gasteiger partial charge is 0.392 e. The fraction of sp³-hybridized carbons (Fsp3) is 0.718. The number of ether oxygens (including phenoxy) is 5. The number of carbonyl (C=O) groups is 5. The highest BCUT2D eigenvalue weighted by molar-refractivity contribution is 5.96. The van der Waals surface area contributed by atoms with Gasteiger partial charge in [0.1, 0.15) is 12.6 Å². The van der Waals surface area contributed by atoms with Crippen molar-refractivity contribution in [2.75, 3.05) is 84.4 Å². The number of nitrogens with one attached hydrogen (secondary N) is 5. The van der Waals surface area contributed by atoms with Gasteiger partial charge in [-0.25, -0.2) is 4.79 Å². The summed E-state index contributed by atoms with van der Waals surface area (Å²) in [5.41, 5.74) is 5.99. The highest BCUT2D eigenvalue weighted by Gasteiger charge is 2.24. The molecule has 0 bridgehead atoms. The van der Waals surface area contributed by atoms with E-state index in [-0.39, 0.29) is 56.6 Å². The van der Waals surface area contributed by atoms with Crippen LogP contribution in [0.1, 0.15) is 84.1 Å². The normalized spacial score (nSPS) is 13.7. The molecule has 17 nitrogen and oxygen atoms in total. The summed E-state index contributed by atoms with van der Waals surface area (Å²) in [6.45, 7) is 9.26. The van der Waals surface area contributed by atoms with Crippen molar-refractivity contribution < 1.29 is 52.8 Å². The molecule has 0 saturated heterocycles. The van der Waals surface area contributed by atoms with Crippen molar-refractivity contribution in [3.05, 3.63) is 29.8 Å². The van der Waals surface area contributed by atoms with Gasteiger partial charge < -0.3 is 61.1 Å². The van der Waals surface area contributed by atoms with Gasteiger partial charge in [0.05, 0.1) is 72.1 Å². The van der Waals surface area contributed by atoms with Gasteiger partial charge in [0.2, 0.25) is 23.6 Å². The quantitative estimate of drug-likeness (QED) is 0.0637. The van der Waals surface area contributed by atoms with E-state index in [0.29, 0.717) is 65.0 Å². The lowest BCUT2D eigenvalue weighted by molar-refractivity contribution is -0.131. The Morgan fingerprint density at radius 1 is 0.732 bits per heavy atom. The van der Waals surface area contributed by atoms with Gasteiger partial charge >= 0.3 is 6.03 Å². The first-order chi connectivity index (χ1) is 27.0. The molecule has 56 heavy (non-hydrogen) atoms. The van der Waals surface area contributed by atoms with E-state index >= 15 is 0 Å². The number of amides is 6. The van der Waals surface area contributed by atoms with Crippen molar-refractivity contribution in [2.45, 2.75) is 97.3 Å². The van der Waals surface area contributed by atoms with Crippen LogP contribution >= 0.6 is 0 Å². The first kappa shape index (κ1) is 50.1. The molecule has 1 aromatic rings. The first-order valence-electron chi connectivity index (χ1n) is 19.8. The number of hydrogen-bond donors (Lipinski definition) is 7. The number of aliphatic hydroxyl groups excluding tert-OH is 1. The van der Waals surface area contributed by atoms with Crippen molar-refractivity contribution in [3.63, 3.8) is 0 Å². The number of aliphatic hydroxyl groups is 1. The SMILES string of the molecule is CC(C)C(NC(=O)CCOCCOCCOCCOCCNC(=O)COC1CCCCCCC1)C(=O)NCC(=O)Nc1ccc(CO)cc1.CCCNC(N)=O. The maximum Gasteiger partial charge on any atom is 0.312 e. The molecule has 320 valence electrons. The summed E-state index contributed by atoms with van der Waals surface area (Å²) in [5.74, 6) is -1.52. The maximum absolute atomic E-state index is 12.6. The topological polar surface area (TPSA) is 238 Å². The molecule has 1 aromatic carbocycles. The summed E-state index contributed by atoms with van der Waals surface area (Å²) in [7, 11) is 0. The van der Waals surface area contributed by atoms with Crippen LogP contribution in [0.15, 0.2) is 24.3 Å². The van der Waals surface area contributed by atoms with E-state index < -0.39 is 23.9 Å². The molecular weight excluding hydrogens is 728 g/mol. The number of nitrogens with two attached hydrogens (primary N) is 1. The Morgan fingerprint density at radius 3 is 1.84 bits per heavy atom. The second-order valence-electron chi connectivity index (χ2n) is 13.5. The third kappa shape index (κ3) is 27.7. The average Bonchev–Trinajstić information content (AvgIpc) is 3.16. The second-order valence-corrected chi connectivity index (χ2v) is 13.5. The van der Waals surface area contributed by atoms with E-state index in [1.165, 1.54) is 32.1 Å². The van der Waals surface area contributed by atoms with Crippen LogP contribution in [0.2, 0.25) is 0 Å². The van der Waals surface area contributed by atoms with Gasteiger partial charge in [-0.2, -0.15) is 0 Å². The zero-order chi connectivity index (χ0) is 41.2. The van der Waals surface area contributed by atoms with Gasteiger partial charge in [-0.3, -0.25) is 19.2 Å². The van der Waals surface area contributed by atoms with E-state index in [2.05, 4.69) is 26.6 Å². The summed E-state index contributed by atoms with van der Waals surface area (Å²) in [4.78, 5) is 59.1. The minimum Gasteiger partial charge on any atom is -0.392 e. The maximum atomic E-state index is 12.6. The number of hydrogen-bond acceptors (Lipinski definition) is 11. The van der Waals surface area contributed by atoms with Crippen molar-refractivity contribution >= 4 is 35.3 Å². The summed E-state index contributed by atoms with van der Waals surface area (Å²) in [6, 6.07) is 5.45. The molecule has 6 amide bonds. The Morgan fingerprint density at radius 2 is 1.30 bits per heavy atom. The van der Waals surface area contributed by atoms with Crippen LogP contribution in [0.4, 0.5) is 10.5 Å². The summed E-state index contributed by atoms with van der Waals surface area (Å²) < 4.78 is 27.7. The van der Waals surface area contributed by atoms with Gasteiger partial charge in [-0.05, 0) is 42.9 Å². The predicted octanol–water partition coefficient (Wildman–Crippen LogP) is 2.14. The lowest BCUT2D eigenvalue weighted by atomic mass is 9.99.